The molecule has 3 nitrogen and oxygen atoms in total. The van der Waals surface area contributed by atoms with Crippen LogP contribution in [0.4, 0.5) is 13.2 Å². The fourth-order valence-electron chi connectivity index (χ4n) is 1.45. The van der Waals surface area contributed by atoms with E-state index < -0.39 is 17.6 Å². The molecular weight excluding hydrogens is 325 g/mol. The zero-order valence-corrected chi connectivity index (χ0v) is 11.9. The highest BCUT2D eigenvalue weighted by atomic mass is 35.5. The summed E-state index contributed by atoms with van der Waals surface area (Å²) in [6, 6.07) is 7.48. The van der Waals surface area contributed by atoms with Crippen molar-refractivity contribution in [3.63, 3.8) is 0 Å². The number of halogens is 4. The van der Waals surface area contributed by atoms with Crippen LogP contribution in [0.15, 0.2) is 41.5 Å². The van der Waals surface area contributed by atoms with Crippen molar-refractivity contribution < 1.29 is 18.0 Å². The third kappa shape index (κ3) is 4.30. The molecule has 0 bridgehead atoms. The molecular formula is C13H8ClF3N2OS. The van der Waals surface area contributed by atoms with Gasteiger partial charge in [0.25, 0.3) is 5.91 Å². The van der Waals surface area contributed by atoms with Crippen molar-refractivity contribution in [3.8, 4) is 0 Å². The zero-order valence-electron chi connectivity index (χ0n) is 10.3. The molecule has 0 spiro atoms. The topological polar surface area (TPSA) is 41.5 Å². The first-order chi connectivity index (χ1) is 9.86. The SMILES string of the molecule is O=C(N/N=C\c1ccc(Cl)s1)c1cccc(C(F)(F)F)c1. The number of rotatable bonds is 3. The van der Waals surface area contributed by atoms with Crippen molar-refractivity contribution in [3.05, 3.63) is 56.7 Å². The second-order valence-electron chi connectivity index (χ2n) is 3.92. The number of nitrogens with zero attached hydrogens (tertiary/aromatic N) is 1. The van der Waals surface area contributed by atoms with Gasteiger partial charge in [0.15, 0.2) is 0 Å². The fourth-order valence-corrected chi connectivity index (χ4v) is 2.39. The maximum absolute atomic E-state index is 12.5. The van der Waals surface area contributed by atoms with E-state index in [9.17, 15) is 18.0 Å². The molecule has 1 aromatic carbocycles. The van der Waals surface area contributed by atoms with Gasteiger partial charge in [0.05, 0.1) is 16.1 Å². The summed E-state index contributed by atoms with van der Waals surface area (Å²) in [6.45, 7) is 0. The van der Waals surface area contributed by atoms with E-state index in [-0.39, 0.29) is 5.56 Å². The van der Waals surface area contributed by atoms with Gasteiger partial charge in [-0.25, -0.2) is 5.43 Å². The van der Waals surface area contributed by atoms with E-state index in [0.29, 0.717) is 9.21 Å². The Morgan fingerprint density at radius 2 is 2.05 bits per heavy atom. The number of alkyl halides is 3. The molecule has 0 fully saturated rings. The molecule has 1 amide bonds. The van der Waals surface area contributed by atoms with E-state index in [1.54, 1.807) is 12.1 Å². The van der Waals surface area contributed by atoms with Crippen molar-refractivity contribution in [1.82, 2.24) is 5.43 Å². The van der Waals surface area contributed by atoms with E-state index in [4.69, 9.17) is 11.6 Å². The predicted octanol–water partition coefficient (Wildman–Crippen LogP) is 4.18. The lowest BCUT2D eigenvalue weighted by molar-refractivity contribution is -0.137. The second-order valence-corrected chi connectivity index (χ2v) is 5.67. The highest BCUT2D eigenvalue weighted by Gasteiger charge is 2.30. The van der Waals surface area contributed by atoms with Gasteiger partial charge < -0.3 is 0 Å². The van der Waals surface area contributed by atoms with Crippen LogP contribution in [0.25, 0.3) is 0 Å². The molecule has 2 rings (SSSR count). The van der Waals surface area contributed by atoms with Crippen molar-refractivity contribution >= 4 is 35.1 Å². The molecule has 0 saturated carbocycles. The van der Waals surface area contributed by atoms with Crippen LogP contribution >= 0.6 is 22.9 Å². The van der Waals surface area contributed by atoms with Crippen LogP contribution in [0.3, 0.4) is 0 Å². The molecule has 0 aliphatic carbocycles. The van der Waals surface area contributed by atoms with Crippen molar-refractivity contribution in [2.24, 2.45) is 5.10 Å². The molecule has 2 aromatic rings. The lowest BCUT2D eigenvalue weighted by atomic mass is 10.1. The van der Waals surface area contributed by atoms with Gasteiger partial charge in [-0.3, -0.25) is 4.79 Å². The van der Waals surface area contributed by atoms with Gasteiger partial charge >= 0.3 is 6.18 Å². The maximum atomic E-state index is 12.5. The average Bonchev–Trinajstić information content (AvgIpc) is 2.83. The number of amides is 1. The summed E-state index contributed by atoms with van der Waals surface area (Å²) < 4.78 is 38.2. The number of hydrogen-bond acceptors (Lipinski definition) is 3. The Hall–Kier alpha value is -1.86. The third-order valence-corrected chi connectivity index (χ3v) is 3.57. The van der Waals surface area contributed by atoms with Crippen LogP contribution < -0.4 is 5.43 Å². The number of carbonyl (C=O) groups excluding carboxylic acids is 1. The normalized spacial score (nSPS) is 11.8. The van der Waals surface area contributed by atoms with Crippen molar-refractivity contribution in [1.29, 1.82) is 0 Å². The van der Waals surface area contributed by atoms with E-state index >= 15 is 0 Å². The average molecular weight is 333 g/mol. The van der Waals surface area contributed by atoms with E-state index in [2.05, 4.69) is 10.5 Å². The molecule has 0 unspecified atom stereocenters. The first-order valence-corrected chi connectivity index (χ1v) is 6.82. The van der Waals surface area contributed by atoms with Crippen LogP contribution in [-0.4, -0.2) is 12.1 Å². The Labute approximate surface area is 127 Å². The monoisotopic (exact) mass is 332 g/mol. The minimum atomic E-state index is -4.49. The number of benzene rings is 1. The van der Waals surface area contributed by atoms with Gasteiger partial charge in [0.2, 0.25) is 0 Å². The molecule has 1 heterocycles. The highest BCUT2D eigenvalue weighted by Crippen LogP contribution is 2.29. The predicted molar refractivity (Wildman–Crippen MR) is 75.8 cm³/mol. The molecule has 110 valence electrons. The molecule has 8 heteroatoms. The van der Waals surface area contributed by atoms with Gasteiger partial charge in [0.1, 0.15) is 0 Å². The first-order valence-electron chi connectivity index (χ1n) is 5.62. The van der Waals surface area contributed by atoms with Gasteiger partial charge in [-0.15, -0.1) is 11.3 Å². The Kier molecular flexibility index (Phi) is 4.64. The van der Waals surface area contributed by atoms with E-state index in [1.165, 1.54) is 29.7 Å². The summed E-state index contributed by atoms with van der Waals surface area (Å²) in [5.74, 6) is -0.722. The Morgan fingerprint density at radius 1 is 1.29 bits per heavy atom. The summed E-state index contributed by atoms with van der Waals surface area (Å²) in [4.78, 5) is 12.4. The molecule has 1 N–H and O–H groups in total. The summed E-state index contributed by atoms with van der Waals surface area (Å²) in [7, 11) is 0. The number of hydrogen-bond donors (Lipinski definition) is 1. The third-order valence-electron chi connectivity index (χ3n) is 2.40. The summed E-state index contributed by atoms with van der Waals surface area (Å²) >= 11 is 6.98. The number of thiophene rings is 1. The number of hydrazone groups is 1. The van der Waals surface area contributed by atoms with Crippen molar-refractivity contribution in [2.45, 2.75) is 6.18 Å². The molecule has 0 atom stereocenters. The number of carbonyl (C=O) groups is 1. The van der Waals surface area contributed by atoms with Crippen LogP contribution in [0.2, 0.25) is 4.34 Å². The van der Waals surface area contributed by atoms with Gasteiger partial charge in [0, 0.05) is 10.4 Å². The molecule has 0 aliphatic rings. The standard InChI is InChI=1S/C13H8ClF3N2OS/c14-11-5-4-10(21-11)7-18-19-12(20)8-2-1-3-9(6-8)13(15,16)17/h1-7H,(H,19,20)/b18-7-. The minimum Gasteiger partial charge on any atom is -0.267 e. The van der Waals surface area contributed by atoms with Crippen LogP contribution in [-0.2, 0) is 6.18 Å². The lowest BCUT2D eigenvalue weighted by Gasteiger charge is -2.07. The van der Waals surface area contributed by atoms with Gasteiger partial charge in [-0.1, -0.05) is 17.7 Å². The lowest BCUT2D eigenvalue weighted by Crippen LogP contribution is -2.18. The number of nitrogens with one attached hydrogen (secondary N) is 1. The van der Waals surface area contributed by atoms with E-state index in [0.717, 1.165) is 12.1 Å². The quantitative estimate of drug-likeness (QED) is 0.664. The van der Waals surface area contributed by atoms with Crippen LogP contribution in [0.1, 0.15) is 20.8 Å². The molecule has 21 heavy (non-hydrogen) atoms. The maximum Gasteiger partial charge on any atom is 0.416 e. The Morgan fingerprint density at radius 3 is 2.67 bits per heavy atom. The molecule has 1 aromatic heterocycles. The van der Waals surface area contributed by atoms with Crippen LogP contribution in [0.5, 0.6) is 0 Å². The summed E-state index contributed by atoms with van der Waals surface area (Å²) in [5.41, 5.74) is 1.16. The summed E-state index contributed by atoms with van der Waals surface area (Å²) in [6.07, 6.45) is -3.13. The second kappa shape index (κ2) is 6.28. The van der Waals surface area contributed by atoms with Gasteiger partial charge in [-0.2, -0.15) is 18.3 Å². The first kappa shape index (κ1) is 15.5. The zero-order chi connectivity index (χ0) is 15.5. The Balaban J connectivity index is 2.05. The molecule has 0 aliphatic heterocycles. The van der Waals surface area contributed by atoms with Crippen molar-refractivity contribution in [2.75, 3.05) is 0 Å². The van der Waals surface area contributed by atoms with E-state index in [1.807, 2.05) is 0 Å². The largest absolute Gasteiger partial charge is 0.416 e. The van der Waals surface area contributed by atoms with Gasteiger partial charge in [-0.05, 0) is 30.3 Å². The highest BCUT2D eigenvalue weighted by molar-refractivity contribution is 7.17. The minimum absolute atomic E-state index is 0.119. The summed E-state index contributed by atoms with van der Waals surface area (Å²) in [5, 5.41) is 3.67. The molecule has 0 saturated heterocycles. The van der Waals surface area contributed by atoms with Crippen LogP contribution in [0, 0.1) is 0 Å². The smallest absolute Gasteiger partial charge is 0.267 e. The molecule has 0 radical (unpaired) electrons. The Bertz CT molecular complexity index is 682. The fraction of sp³-hybridized carbons (Fsp3) is 0.0769.